The van der Waals surface area contributed by atoms with Crippen LogP contribution >= 0.6 is 0 Å². The molecule has 0 aliphatic carbocycles. The van der Waals surface area contributed by atoms with Crippen molar-refractivity contribution in [1.29, 1.82) is 5.26 Å². The topological polar surface area (TPSA) is 76.3 Å². The number of amides is 1. The van der Waals surface area contributed by atoms with Crippen LogP contribution in [0.1, 0.15) is 59.1 Å². The first-order chi connectivity index (χ1) is 15.4. The number of nitrogens with one attached hydrogen (secondary N) is 1. The van der Waals surface area contributed by atoms with Gasteiger partial charge in [0.05, 0.1) is 23.4 Å². The molecule has 0 aliphatic rings. The lowest BCUT2D eigenvalue weighted by Crippen LogP contribution is -2.19. The molecule has 0 aliphatic heterocycles. The van der Waals surface area contributed by atoms with Gasteiger partial charge in [0, 0.05) is 23.2 Å². The molecule has 3 rings (SSSR count). The first kappa shape index (κ1) is 23.2. The molecule has 0 saturated heterocycles. The number of carbonyl (C=O) groups is 1. The van der Waals surface area contributed by atoms with Gasteiger partial charge >= 0.3 is 6.09 Å². The van der Waals surface area contributed by atoms with Crippen molar-refractivity contribution in [2.45, 2.75) is 59.6 Å². The monoisotopic (exact) mass is 433 g/mol. The van der Waals surface area contributed by atoms with E-state index in [2.05, 4.69) is 36.7 Å². The van der Waals surface area contributed by atoms with Crippen molar-refractivity contribution in [2.24, 2.45) is 0 Å². The zero-order chi connectivity index (χ0) is 23.3. The van der Waals surface area contributed by atoms with E-state index in [0.717, 1.165) is 40.8 Å². The van der Waals surface area contributed by atoms with Gasteiger partial charge in [0.2, 0.25) is 0 Å². The number of nitriles is 1. The molecule has 1 atom stereocenters. The quantitative estimate of drug-likeness (QED) is 0.419. The highest BCUT2D eigenvalue weighted by atomic mass is 16.6. The maximum absolute atomic E-state index is 12.0. The number of aromatic nitrogens is 1. The summed E-state index contributed by atoms with van der Waals surface area (Å²) in [5.41, 5.74) is 4.01. The Kier molecular flexibility index (Phi) is 7.42. The predicted octanol–water partition coefficient (Wildman–Crippen LogP) is 6.90. The second-order valence-corrected chi connectivity index (χ2v) is 8.15. The standard InChI is InChI=1S/C26H31N3O3/c1-6-14-31-21-12-13-22-23(16-27)25(29(17(3)4)24(22)15-21)19-8-10-20(11-9-19)28-26(30)32-18(5)7-2/h8-13,15,17-18H,6-7,14H2,1-5H3,(H,28,30). The van der Waals surface area contributed by atoms with E-state index in [1.165, 1.54) is 0 Å². The van der Waals surface area contributed by atoms with Crippen LogP contribution in [0.4, 0.5) is 10.5 Å². The number of fused-ring (bicyclic) bond motifs is 1. The Balaban J connectivity index is 2.01. The maximum Gasteiger partial charge on any atom is 0.411 e. The summed E-state index contributed by atoms with van der Waals surface area (Å²) in [6.45, 7) is 10.8. The second kappa shape index (κ2) is 10.2. The molecule has 1 unspecified atom stereocenters. The van der Waals surface area contributed by atoms with Gasteiger partial charge in [0.1, 0.15) is 17.9 Å². The van der Waals surface area contributed by atoms with Crippen LogP contribution in [0.15, 0.2) is 42.5 Å². The molecule has 0 saturated carbocycles. The van der Waals surface area contributed by atoms with Crippen LogP contribution in [0, 0.1) is 11.3 Å². The number of anilines is 1. The van der Waals surface area contributed by atoms with Gasteiger partial charge in [-0.05, 0) is 63.4 Å². The number of nitrogens with zero attached hydrogens (tertiary/aromatic N) is 2. The van der Waals surface area contributed by atoms with Crippen LogP contribution in [0.3, 0.4) is 0 Å². The summed E-state index contributed by atoms with van der Waals surface area (Å²) in [5.74, 6) is 0.800. The number of hydrogen-bond acceptors (Lipinski definition) is 4. The fourth-order valence-electron chi connectivity index (χ4n) is 3.66. The Labute approximate surface area is 189 Å². The fourth-order valence-corrected chi connectivity index (χ4v) is 3.66. The van der Waals surface area contributed by atoms with E-state index in [4.69, 9.17) is 9.47 Å². The van der Waals surface area contributed by atoms with E-state index < -0.39 is 6.09 Å². The number of ether oxygens (including phenoxy) is 2. The van der Waals surface area contributed by atoms with Crippen molar-refractivity contribution in [3.63, 3.8) is 0 Å². The lowest BCUT2D eigenvalue weighted by atomic mass is 10.1. The zero-order valence-corrected chi connectivity index (χ0v) is 19.4. The fraction of sp³-hybridized carbons (Fsp3) is 0.385. The Hall–Kier alpha value is -3.46. The summed E-state index contributed by atoms with van der Waals surface area (Å²) < 4.78 is 13.3. The van der Waals surface area contributed by atoms with E-state index >= 15 is 0 Å². The third-order valence-electron chi connectivity index (χ3n) is 5.36. The molecule has 1 heterocycles. The van der Waals surface area contributed by atoms with Crippen LogP contribution in [0.5, 0.6) is 5.75 Å². The summed E-state index contributed by atoms with van der Waals surface area (Å²) in [4.78, 5) is 12.0. The zero-order valence-electron chi connectivity index (χ0n) is 19.4. The van der Waals surface area contributed by atoms with Gasteiger partial charge in [0.25, 0.3) is 0 Å². The smallest absolute Gasteiger partial charge is 0.411 e. The summed E-state index contributed by atoms with van der Waals surface area (Å²) in [6, 6.07) is 15.9. The van der Waals surface area contributed by atoms with E-state index in [9.17, 15) is 10.1 Å². The largest absolute Gasteiger partial charge is 0.494 e. The van der Waals surface area contributed by atoms with Gasteiger partial charge in [-0.2, -0.15) is 5.26 Å². The number of benzene rings is 2. The Morgan fingerprint density at radius 1 is 1.12 bits per heavy atom. The molecule has 6 heteroatoms. The highest BCUT2D eigenvalue weighted by Gasteiger charge is 2.21. The molecule has 0 bridgehead atoms. The van der Waals surface area contributed by atoms with Gasteiger partial charge in [0.15, 0.2) is 0 Å². The molecule has 1 amide bonds. The first-order valence-electron chi connectivity index (χ1n) is 11.2. The van der Waals surface area contributed by atoms with E-state index in [1.807, 2.05) is 56.3 Å². The molecule has 0 fully saturated rings. The van der Waals surface area contributed by atoms with Gasteiger partial charge < -0.3 is 14.0 Å². The van der Waals surface area contributed by atoms with Crippen LogP contribution in [-0.4, -0.2) is 23.4 Å². The minimum atomic E-state index is -0.472. The Morgan fingerprint density at radius 2 is 1.84 bits per heavy atom. The number of hydrogen-bond donors (Lipinski definition) is 1. The third-order valence-corrected chi connectivity index (χ3v) is 5.36. The summed E-state index contributed by atoms with van der Waals surface area (Å²) >= 11 is 0. The molecule has 32 heavy (non-hydrogen) atoms. The average Bonchev–Trinajstić information content (AvgIpc) is 3.11. The molecular formula is C26H31N3O3. The van der Waals surface area contributed by atoms with Gasteiger partial charge in [-0.1, -0.05) is 26.0 Å². The number of carbonyl (C=O) groups excluding carboxylic acids is 1. The van der Waals surface area contributed by atoms with Crippen molar-refractivity contribution in [1.82, 2.24) is 4.57 Å². The summed E-state index contributed by atoms with van der Waals surface area (Å²) in [6.07, 6.45) is 1.08. The summed E-state index contributed by atoms with van der Waals surface area (Å²) in [5, 5.41) is 13.7. The van der Waals surface area contributed by atoms with E-state index in [1.54, 1.807) is 0 Å². The van der Waals surface area contributed by atoms with Crippen molar-refractivity contribution in [3.8, 4) is 23.1 Å². The SMILES string of the molecule is CCCOc1ccc2c(C#N)c(-c3ccc(NC(=O)OC(C)CC)cc3)n(C(C)C)c2c1. The molecule has 168 valence electrons. The number of rotatable bonds is 8. The Bertz CT molecular complexity index is 1120. The molecule has 1 N–H and O–H groups in total. The van der Waals surface area contributed by atoms with Crippen molar-refractivity contribution >= 4 is 22.7 Å². The predicted molar refractivity (Wildman–Crippen MR) is 128 cm³/mol. The molecule has 6 nitrogen and oxygen atoms in total. The maximum atomic E-state index is 12.0. The van der Waals surface area contributed by atoms with Crippen molar-refractivity contribution in [2.75, 3.05) is 11.9 Å². The van der Waals surface area contributed by atoms with Crippen LogP contribution in [-0.2, 0) is 4.74 Å². The average molecular weight is 434 g/mol. The highest BCUT2D eigenvalue weighted by Crippen LogP contribution is 2.38. The van der Waals surface area contributed by atoms with Gasteiger partial charge in [-0.25, -0.2) is 4.79 Å². The molecular weight excluding hydrogens is 402 g/mol. The van der Waals surface area contributed by atoms with Crippen LogP contribution < -0.4 is 10.1 Å². The first-order valence-corrected chi connectivity index (χ1v) is 11.2. The second-order valence-electron chi connectivity index (χ2n) is 8.15. The minimum absolute atomic E-state index is 0.138. The molecule has 0 radical (unpaired) electrons. The van der Waals surface area contributed by atoms with Crippen molar-refractivity contribution < 1.29 is 14.3 Å². The van der Waals surface area contributed by atoms with Crippen molar-refractivity contribution in [3.05, 3.63) is 48.0 Å². The van der Waals surface area contributed by atoms with Gasteiger partial charge in [-0.15, -0.1) is 0 Å². The van der Waals surface area contributed by atoms with E-state index in [0.29, 0.717) is 17.9 Å². The normalized spacial score (nSPS) is 11.9. The van der Waals surface area contributed by atoms with Gasteiger partial charge in [-0.3, -0.25) is 5.32 Å². The van der Waals surface area contributed by atoms with E-state index in [-0.39, 0.29) is 12.1 Å². The lowest BCUT2D eigenvalue weighted by molar-refractivity contribution is 0.118. The Morgan fingerprint density at radius 3 is 2.44 bits per heavy atom. The van der Waals surface area contributed by atoms with Crippen LogP contribution in [0.2, 0.25) is 0 Å². The lowest BCUT2D eigenvalue weighted by Gasteiger charge is -2.16. The summed E-state index contributed by atoms with van der Waals surface area (Å²) in [7, 11) is 0. The molecule has 1 aromatic heterocycles. The van der Waals surface area contributed by atoms with Crippen LogP contribution in [0.25, 0.3) is 22.2 Å². The molecule has 0 spiro atoms. The molecule has 2 aromatic carbocycles. The molecule has 3 aromatic rings. The minimum Gasteiger partial charge on any atom is -0.494 e. The highest BCUT2D eigenvalue weighted by molar-refractivity contribution is 5.95. The third kappa shape index (κ3) is 4.88.